The molecule has 0 radical (unpaired) electrons. The van der Waals surface area contributed by atoms with E-state index >= 15 is 0 Å². The third kappa shape index (κ3) is 6.57. The molecule has 0 saturated carbocycles. The van der Waals surface area contributed by atoms with Crippen LogP contribution in [0.15, 0.2) is 24.3 Å². The van der Waals surface area contributed by atoms with Crippen molar-refractivity contribution >= 4 is 5.91 Å². The van der Waals surface area contributed by atoms with Gasteiger partial charge in [-0.05, 0) is 51.4 Å². The molecule has 1 atom stereocenters. The SMILES string of the molecule is CCNC(C)Cc1ccc(OCC(=O)NC(C)C)cc1. The van der Waals surface area contributed by atoms with Gasteiger partial charge in [0.2, 0.25) is 0 Å². The van der Waals surface area contributed by atoms with E-state index in [-0.39, 0.29) is 18.6 Å². The highest BCUT2D eigenvalue weighted by atomic mass is 16.5. The van der Waals surface area contributed by atoms with E-state index in [1.54, 1.807) is 0 Å². The molecule has 1 aromatic rings. The highest BCUT2D eigenvalue weighted by Gasteiger charge is 2.05. The van der Waals surface area contributed by atoms with E-state index in [1.807, 2.05) is 38.1 Å². The van der Waals surface area contributed by atoms with Crippen molar-refractivity contribution in [2.75, 3.05) is 13.2 Å². The molecule has 1 rings (SSSR count). The lowest BCUT2D eigenvalue weighted by Crippen LogP contribution is -2.34. The molecular formula is C16H26N2O2. The average Bonchev–Trinajstić information content (AvgIpc) is 2.37. The van der Waals surface area contributed by atoms with Gasteiger partial charge in [-0.15, -0.1) is 0 Å². The number of nitrogens with one attached hydrogen (secondary N) is 2. The van der Waals surface area contributed by atoms with Gasteiger partial charge in [-0.2, -0.15) is 0 Å². The van der Waals surface area contributed by atoms with Gasteiger partial charge < -0.3 is 15.4 Å². The van der Waals surface area contributed by atoms with Crippen molar-refractivity contribution in [3.63, 3.8) is 0 Å². The number of ether oxygens (including phenoxy) is 1. The van der Waals surface area contributed by atoms with Crippen molar-refractivity contribution in [3.05, 3.63) is 29.8 Å². The lowest BCUT2D eigenvalue weighted by atomic mass is 10.1. The molecule has 4 heteroatoms. The van der Waals surface area contributed by atoms with E-state index < -0.39 is 0 Å². The predicted molar refractivity (Wildman–Crippen MR) is 82.1 cm³/mol. The number of likely N-dealkylation sites (N-methyl/N-ethyl adjacent to an activating group) is 1. The van der Waals surface area contributed by atoms with Gasteiger partial charge in [-0.1, -0.05) is 19.1 Å². The molecule has 20 heavy (non-hydrogen) atoms. The summed E-state index contributed by atoms with van der Waals surface area (Å²) in [4.78, 5) is 11.5. The largest absolute Gasteiger partial charge is 0.484 e. The fourth-order valence-electron chi connectivity index (χ4n) is 2.01. The van der Waals surface area contributed by atoms with Crippen LogP contribution in [0.25, 0.3) is 0 Å². The third-order valence-electron chi connectivity index (χ3n) is 2.84. The molecule has 0 heterocycles. The van der Waals surface area contributed by atoms with E-state index in [9.17, 15) is 4.79 Å². The molecule has 1 amide bonds. The minimum atomic E-state index is -0.0927. The first-order valence-electron chi connectivity index (χ1n) is 7.25. The molecule has 2 N–H and O–H groups in total. The second-order valence-electron chi connectivity index (χ2n) is 5.32. The minimum Gasteiger partial charge on any atom is -0.484 e. The number of carbonyl (C=O) groups is 1. The molecule has 0 spiro atoms. The Labute approximate surface area is 121 Å². The molecule has 4 nitrogen and oxygen atoms in total. The van der Waals surface area contributed by atoms with E-state index in [0.29, 0.717) is 6.04 Å². The van der Waals surface area contributed by atoms with Gasteiger partial charge in [0.05, 0.1) is 0 Å². The highest BCUT2D eigenvalue weighted by Crippen LogP contribution is 2.13. The van der Waals surface area contributed by atoms with Gasteiger partial charge in [0.1, 0.15) is 5.75 Å². The number of rotatable bonds is 8. The van der Waals surface area contributed by atoms with Gasteiger partial charge in [0, 0.05) is 12.1 Å². The van der Waals surface area contributed by atoms with E-state index in [2.05, 4.69) is 24.5 Å². The molecular weight excluding hydrogens is 252 g/mol. The molecule has 0 bridgehead atoms. The summed E-state index contributed by atoms with van der Waals surface area (Å²) in [5, 5.41) is 6.17. The molecule has 1 unspecified atom stereocenters. The highest BCUT2D eigenvalue weighted by molar-refractivity contribution is 5.77. The molecule has 1 aromatic carbocycles. The molecule has 0 aliphatic heterocycles. The summed E-state index contributed by atoms with van der Waals surface area (Å²) >= 11 is 0. The second-order valence-corrected chi connectivity index (χ2v) is 5.32. The van der Waals surface area contributed by atoms with Crippen molar-refractivity contribution in [2.45, 2.75) is 46.2 Å². The molecule has 0 aliphatic rings. The monoisotopic (exact) mass is 278 g/mol. The Hall–Kier alpha value is -1.55. The summed E-state index contributed by atoms with van der Waals surface area (Å²) in [5.41, 5.74) is 1.26. The van der Waals surface area contributed by atoms with Crippen LogP contribution in [-0.2, 0) is 11.2 Å². The first-order chi connectivity index (χ1) is 9.51. The van der Waals surface area contributed by atoms with Gasteiger partial charge >= 0.3 is 0 Å². The van der Waals surface area contributed by atoms with Crippen molar-refractivity contribution in [1.29, 1.82) is 0 Å². The fraction of sp³-hybridized carbons (Fsp3) is 0.562. The smallest absolute Gasteiger partial charge is 0.258 e. The lowest BCUT2D eigenvalue weighted by Gasteiger charge is -2.13. The van der Waals surface area contributed by atoms with Crippen molar-refractivity contribution < 1.29 is 9.53 Å². The second kappa shape index (κ2) is 8.59. The third-order valence-corrected chi connectivity index (χ3v) is 2.84. The minimum absolute atomic E-state index is 0.0608. The van der Waals surface area contributed by atoms with Crippen LogP contribution in [0.3, 0.4) is 0 Å². The molecule has 0 saturated heterocycles. The summed E-state index contributed by atoms with van der Waals surface area (Å²) in [6.07, 6.45) is 0.988. The maximum Gasteiger partial charge on any atom is 0.258 e. The Morgan fingerprint density at radius 3 is 2.40 bits per heavy atom. The first kappa shape index (κ1) is 16.5. The number of hydrogen-bond acceptors (Lipinski definition) is 3. The maximum absolute atomic E-state index is 11.5. The number of hydrogen-bond donors (Lipinski definition) is 2. The lowest BCUT2D eigenvalue weighted by molar-refractivity contribution is -0.123. The Balaban J connectivity index is 2.40. The number of benzene rings is 1. The summed E-state index contributed by atoms with van der Waals surface area (Å²) in [7, 11) is 0. The summed E-state index contributed by atoms with van der Waals surface area (Å²) in [5.74, 6) is 0.633. The molecule has 112 valence electrons. The van der Waals surface area contributed by atoms with Crippen LogP contribution >= 0.6 is 0 Å². The van der Waals surface area contributed by atoms with Crippen LogP contribution in [0.1, 0.15) is 33.3 Å². The van der Waals surface area contributed by atoms with Crippen LogP contribution in [0, 0.1) is 0 Å². The Morgan fingerprint density at radius 2 is 1.85 bits per heavy atom. The zero-order valence-corrected chi connectivity index (χ0v) is 12.9. The number of carbonyl (C=O) groups excluding carboxylic acids is 1. The van der Waals surface area contributed by atoms with Gasteiger partial charge in [0.25, 0.3) is 5.91 Å². The molecule has 0 aromatic heterocycles. The Kier molecular flexibility index (Phi) is 7.09. The first-order valence-corrected chi connectivity index (χ1v) is 7.25. The Bertz CT molecular complexity index is 401. The van der Waals surface area contributed by atoms with Gasteiger partial charge in [0.15, 0.2) is 6.61 Å². The standard InChI is InChI=1S/C16H26N2O2/c1-5-17-13(4)10-14-6-8-15(9-7-14)20-11-16(19)18-12(2)3/h6-9,12-13,17H,5,10-11H2,1-4H3,(H,18,19). The van der Waals surface area contributed by atoms with Crippen molar-refractivity contribution in [2.24, 2.45) is 0 Å². The van der Waals surface area contributed by atoms with E-state index in [1.165, 1.54) is 5.56 Å². The van der Waals surface area contributed by atoms with Crippen LogP contribution in [-0.4, -0.2) is 31.1 Å². The topological polar surface area (TPSA) is 50.4 Å². The van der Waals surface area contributed by atoms with E-state index in [4.69, 9.17) is 4.74 Å². The van der Waals surface area contributed by atoms with Crippen LogP contribution < -0.4 is 15.4 Å². The molecule has 0 aliphatic carbocycles. The predicted octanol–water partition coefficient (Wildman–Crippen LogP) is 2.13. The summed E-state index contributed by atoms with van der Waals surface area (Å²) < 4.78 is 5.45. The summed E-state index contributed by atoms with van der Waals surface area (Å²) in [6.45, 7) is 9.18. The average molecular weight is 278 g/mol. The van der Waals surface area contributed by atoms with Crippen LogP contribution in [0.4, 0.5) is 0 Å². The van der Waals surface area contributed by atoms with Crippen molar-refractivity contribution in [1.82, 2.24) is 10.6 Å². The van der Waals surface area contributed by atoms with Gasteiger partial charge in [-0.25, -0.2) is 0 Å². The zero-order valence-electron chi connectivity index (χ0n) is 12.9. The van der Waals surface area contributed by atoms with Crippen molar-refractivity contribution in [3.8, 4) is 5.75 Å². The zero-order chi connectivity index (χ0) is 15.0. The van der Waals surface area contributed by atoms with Crippen LogP contribution in [0.2, 0.25) is 0 Å². The quantitative estimate of drug-likeness (QED) is 0.766. The van der Waals surface area contributed by atoms with Crippen LogP contribution in [0.5, 0.6) is 5.75 Å². The van der Waals surface area contributed by atoms with E-state index in [0.717, 1.165) is 18.7 Å². The number of amides is 1. The summed E-state index contributed by atoms with van der Waals surface area (Å²) in [6, 6.07) is 8.52. The van der Waals surface area contributed by atoms with Gasteiger partial charge in [-0.3, -0.25) is 4.79 Å². The maximum atomic E-state index is 11.5. The normalized spacial score (nSPS) is 12.2. The fourth-order valence-corrected chi connectivity index (χ4v) is 2.01. The Morgan fingerprint density at radius 1 is 1.20 bits per heavy atom. The molecule has 0 fully saturated rings.